The normalized spacial score (nSPS) is 21.8. The molecule has 0 bridgehead atoms. The van der Waals surface area contributed by atoms with E-state index in [4.69, 9.17) is 4.74 Å². The van der Waals surface area contributed by atoms with Crippen molar-refractivity contribution < 1.29 is 9.53 Å². The number of ether oxygens (including phenoxy) is 1. The maximum absolute atomic E-state index is 12.2. The van der Waals surface area contributed by atoms with Crippen LogP contribution in [-0.2, 0) is 4.74 Å². The zero-order chi connectivity index (χ0) is 21.6. The monoisotopic (exact) mass is 406 g/mol. The largest absolute Gasteiger partial charge is 0.444 e. The van der Waals surface area contributed by atoms with Gasteiger partial charge in [0.05, 0.1) is 18.4 Å². The van der Waals surface area contributed by atoms with Gasteiger partial charge in [-0.1, -0.05) is 20.8 Å². The highest BCUT2D eigenvalue weighted by Gasteiger charge is 2.29. The number of guanidine groups is 1. The van der Waals surface area contributed by atoms with Gasteiger partial charge >= 0.3 is 6.09 Å². The summed E-state index contributed by atoms with van der Waals surface area (Å²) in [5, 5.41) is 6.43. The minimum atomic E-state index is -0.512. The van der Waals surface area contributed by atoms with Crippen LogP contribution in [0.15, 0.2) is 23.7 Å². The standard InChI is InChI=1S/C21H38N6O2/c1-15(2)17(25-20(28)29-21(4,5)6)12-24-19(22-7)26-10-8-16(3)18(13-26)27-11-9-23-14-27/h9,11,14-18H,8,10,12-13H2,1-7H3,(H,22,24)(H,25,28). The number of amides is 1. The lowest BCUT2D eigenvalue weighted by molar-refractivity contribution is 0.0491. The molecule has 0 spiro atoms. The lowest BCUT2D eigenvalue weighted by Gasteiger charge is -2.39. The van der Waals surface area contributed by atoms with Gasteiger partial charge in [-0.3, -0.25) is 4.99 Å². The van der Waals surface area contributed by atoms with Crippen molar-refractivity contribution >= 4 is 12.1 Å². The molecule has 2 N–H and O–H groups in total. The van der Waals surface area contributed by atoms with Crippen LogP contribution in [0.25, 0.3) is 0 Å². The summed E-state index contributed by atoms with van der Waals surface area (Å²) in [4.78, 5) is 23.2. The van der Waals surface area contributed by atoms with Crippen molar-refractivity contribution in [2.75, 3.05) is 26.7 Å². The number of imidazole rings is 1. The molecule has 8 nitrogen and oxygen atoms in total. The lowest BCUT2D eigenvalue weighted by atomic mass is 9.93. The number of aliphatic imine (C=N–C) groups is 1. The third kappa shape index (κ3) is 6.94. The minimum absolute atomic E-state index is 0.0604. The first-order valence-corrected chi connectivity index (χ1v) is 10.5. The molecule has 0 aromatic carbocycles. The Bertz CT molecular complexity index is 665. The number of carbonyl (C=O) groups excluding carboxylic acids is 1. The van der Waals surface area contributed by atoms with Gasteiger partial charge < -0.3 is 24.8 Å². The second kappa shape index (κ2) is 9.98. The molecule has 1 amide bonds. The first-order chi connectivity index (χ1) is 13.6. The molecule has 0 saturated carbocycles. The first-order valence-electron chi connectivity index (χ1n) is 10.5. The quantitative estimate of drug-likeness (QED) is 0.580. The van der Waals surface area contributed by atoms with Gasteiger partial charge in [-0.15, -0.1) is 0 Å². The first kappa shape index (κ1) is 23.0. The molecule has 1 saturated heterocycles. The fourth-order valence-corrected chi connectivity index (χ4v) is 3.54. The number of aromatic nitrogens is 2. The zero-order valence-electron chi connectivity index (χ0n) is 19.0. The number of alkyl carbamates (subject to hydrolysis) is 1. The van der Waals surface area contributed by atoms with Gasteiger partial charge in [0.2, 0.25) is 0 Å². The Morgan fingerprint density at radius 1 is 1.38 bits per heavy atom. The molecule has 1 fully saturated rings. The van der Waals surface area contributed by atoms with E-state index in [0.29, 0.717) is 18.5 Å². The van der Waals surface area contributed by atoms with E-state index in [1.807, 2.05) is 39.5 Å². The molecule has 8 heteroatoms. The van der Waals surface area contributed by atoms with E-state index in [-0.39, 0.29) is 18.1 Å². The van der Waals surface area contributed by atoms with Crippen LogP contribution in [0, 0.1) is 11.8 Å². The summed E-state index contributed by atoms with van der Waals surface area (Å²) in [5.74, 6) is 1.70. The predicted octanol–water partition coefficient (Wildman–Crippen LogP) is 2.89. The highest BCUT2D eigenvalue weighted by atomic mass is 16.6. The summed E-state index contributed by atoms with van der Waals surface area (Å²) in [6.45, 7) is 14.5. The second-order valence-corrected chi connectivity index (χ2v) is 9.21. The summed E-state index contributed by atoms with van der Waals surface area (Å²) in [5.41, 5.74) is -0.512. The summed E-state index contributed by atoms with van der Waals surface area (Å²) < 4.78 is 7.59. The van der Waals surface area contributed by atoms with Gasteiger partial charge in [-0.05, 0) is 39.0 Å². The SMILES string of the molecule is CN=C(NCC(NC(=O)OC(C)(C)C)C(C)C)N1CCC(C)C(n2ccnc2)C1. The molecule has 3 unspecified atom stereocenters. The number of piperidine rings is 1. The van der Waals surface area contributed by atoms with Crippen molar-refractivity contribution in [3.05, 3.63) is 18.7 Å². The van der Waals surface area contributed by atoms with E-state index in [2.05, 4.69) is 50.8 Å². The van der Waals surface area contributed by atoms with E-state index < -0.39 is 5.60 Å². The lowest BCUT2D eigenvalue weighted by Crippen LogP contribution is -2.53. The van der Waals surface area contributed by atoms with Gasteiger partial charge in [0.1, 0.15) is 5.60 Å². The fraction of sp³-hybridized carbons (Fsp3) is 0.762. The molecule has 3 atom stereocenters. The van der Waals surface area contributed by atoms with Gasteiger partial charge in [0, 0.05) is 39.1 Å². The van der Waals surface area contributed by atoms with Crippen molar-refractivity contribution in [2.24, 2.45) is 16.8 Å². The van der Waals surface area contributed by atoms with Crippen LogP contribution < -0.4 is 10.6 Å². The summed E-state index contributed by atoms with van der Waals surface area (Å²) in [6, 6.07) is 0.306. The van der Waals surface area contributed by atoms with E-state index in [1.54, 1.807) is 7.05 Å². The Kier molecular flexibility index (Phi) is 7.93. The topological polar surface area (TPSA) is 83.8 Å². The van der Waals surface area contributed by atoms with Crippen LogP contribution in [0.5, 0.6) is 0 Å². The summed E-state index contributed by atoms with van der Waals surface area (Å²) in [6.07, 6.45) is 6.45. The van der Waals surface area contributed by atoms with Crippen LogP contribution in [0.2, 0.25) is 0 Å². The molecule has 1 aliphatic rings. The molecule has 2 rings (SSSR count). The number of nitrogens with one attached hydrogen (secondary N) is 2. The number of carbonyl (C=O) groups is 1. The minimum Gasteiger partial charge on any atom is -0.444 e. The van der Waals surface area contributed by atoms with Gasteiger partial charge in [-0.25, -0.2) is 9.78 Å². The van der Waals surface area contributed by atoms with Crippen molar-refractivity contribution in [1.29, 1.82) is 0 Å². The Balaban J connectivity index is 1.96. The average Bonchev–Trinajstić information content (AvgIpc) is 3.15. The third-order valence-corrected chi connectivity index (χ3v) is 5.32. The molecule has 1 aromatic rings. The maximum Gasteiger partial charge on any atom is 0.407 e. The number of hydrogen-bond acceptors (Lipinski definition) is 4. The number of nitrogens with zero attached hydrogens (tertiary/aromatic N) is 4. The molecular formula is C21H38N6O2. The molecule has 0 aliphatic carbocycles. The van der Waals surface area contributed by atoms with E-state index in [1.165, 1.54) is 0 Å². The predicted molar refractivity (Wildman–Crippen MR) is 116 cm³/mol. The van der Waals surface area contributed by atoms with Gasteiger partial charge in [-0.2, -0.15) is 0 Å². The van der Waals surface area contributed by atoms with Crippen LogP contribution in [-0.4, -0.2) is 64.8 Å². The highest BCUT2D eigenvalue weighted by Crippen LogP contribution is 2.27. The van der Waals surface area contributed by atoms with Crippen molar-refractivity contribution in [1.82, 2.24) is 25.1 Å². The molecule has 0 radical (unpaired) electrons. The Morgan fingerprint density at radius 3 is 2.66 bits per heavy atom. The molecule has 29 heavy (non-hydrogen) atoms. The Morgan fingerprint density at radius 2 is 2.10 bits per heavy atom. The maximum atomic E-state index is 12.2. The number of rotatable bonds is 5. The molecule has 2 heterocycles. The second-order valence-electron chi connectivity index (χ2n) is 9.21. The highest BCUT2D eigenvalue weighted by molar-refractivity contribution is 5.80. The average molecular weight is 407 g/mol. The van der Waals surface area contributed by atoms with E-state index >= 15 is 0 Å². The zero-order valence-corrected chi connectivity index (χ0v) is 19.0. The Hall–Kier alpha value is -2.25. The van der Waals surface area contributed by atoms with E-state index in [9.17, 15) is 4.79 Å². The van der Waals surface area contributed by atoms with E-state index in [0.717, 1.165) is 25.5 Å². The smallest absolute Gasteiger partial charge is 0.407 e. The van der Waals surface area contributed by atoms with Gasteiger partial charge in [0.25, 0.3) is 0 Å². The molecular weight excluding hydrogens is 368 g/mol. The molecule has 164 valence electrons. The van der Waals surface area contributed by atoms with Crippen molar-refractivity contribution in [3.8, 4) is 0 Å². The van der Waals surface area contributed by atoms with Crippen molar-refractivity contribution in [3.63, 3.8) is 0 Å². The summed E-state index contributed by atoms with van der Waals surface area (Å²) in [7, 11) is 1.80. The van der Waals surface area contributed by atoms with Crippen LogP contribution in [0.1, 0.15) is 54.0 Å². The van der Waals surface area contributed by atoms with Crippen LogP contribution in [0.4, 0.5) is 4.79 Å². The number of hydrogen-bond donors (Lipinski definition) is 2. The molecule has 1 aromatic heterocycles. The van der Waals surface area contributed by atoms with Crippen molar-refractivity contribution in [2.45, 2.75) is 65.6 Å². The van der Waals surface area contributed by atoms with Crippen LogP contribution in [0.3, 0.4) is 0 Å². The summed E-state index contributed by atoms with van der Waals surface area (Å²) >= 11 is 0. The van der Waals surface area contributed by atoms with Gasteiger partial charge in [0.15, 0.2) is 5.96 Å². The fourth-order valence-electron chi connectivity index (χ4n) is 3.54. The molecule has 1 aliphatic heterocycles. The number of likely N-dealkylation sites (tertiary alicyclic amines) is 1. The Labute approximate surface area is 175 Å². The van der Waals surface area contributed by atoms with Crippen LogP contribution >= 0.6 is 0 Å². The third-order valence-electron chi connectivity index (χ3n) is 5.32.